The fraction of sp³-hybridized carbons (Fsp3) is 0.320. The summed E-state index contributed by atoms with van der Waals surface area (Å²) >= 11 is 0. The van der Waals surface area contributed by atoms with Gasteiger partial charge in [-0.15, -0.1) is 0 Å². The summed E-state index contributed by atoms with van der Waals surface area (Å²) < 4.78 is 2.08. The largest absolute Gasteiger partial charge is 0.298 e. The van der Waals surface area contributed by atoms with Crippen LogP contribution in [0.3, 0.4) is 0 Å². The van der Waals surface area contributed by atoms with E-state index in [1.54, 1.807) is 0 Å². The number of aromatic nitrogens is 4. The van der Waals surface area contributed by atoms with Crippen molar-refractivity contribution in [2.75, 3.05) is 13.1 Å². The van der Waals surface area contributed by atoms with E-state index in [0.29, 0.717) is 5.92 Å². The Morgan fingerprint density at radius 3 is 2.67 bits per heavy atom. The smallest absolute Gasteiger partial charge is 0.163 e. The second-order valence-corrected chi connectivity index (χ2v) is 8.31. The first-order chi connectivity index (χ1) is 14.7. The lowest BCUT2D eigenvalue weighted by Crippen LogP contribution is -2.34. The maximum Gasteiger partial charge on any atom is 0.163 e. The van der Waals surface area contributed by atoms with Gasteiger partial charge in [-0.3, -0.25) is 9.88 Å². The molecule has 1 aliphatic heterocycles. The van der Waals surface area contributed by atoms with Gasteiger partial charge >= 0.3 is 0 Å². The number of rotatable bonds is 4. The maximum atomic E-state index is 4.92. The third kappa shape index (κ3) is 3.61. The van der Waals surface area contributed by atoms with Crippen LogP contribution in [-0.2, 0) is 6.54 Å². The Morgan fingerprint density at radius 2 is 1.83 bits per heavy atom. The molecule has 0 radical (unpaired) electrons. The van der Waals surface area contributed by atoms with E-state index in [-0.39, 0.29) is 0 Å². The lowest BCUT2D eigenvalue weighted by Gasteiger charge is -2.33. The van der Waals surface area contributed by atoms with Gasteiger partial charge in [-0.05, 0) is 62.6 Å². The minimum atomic E-state index is 0.458. The predicted molar refractivity (Wildman–Crippen MR) is 119 cm³/mol. The number of hydrogen-bond acceptors (Lipinski definition) is 4. The van der Waals surface area contributed by atoms with Crippen LogP contribution in [0.2, 0.25) is 0 Å². The zero-order valence-electron chi connectivity index (χ0n) is 17.6. The fourth-order valence-corrected chi connectivity index (χ4v) is 4.70. The van der Waals surface area contributed by atoms with Gasteiger partial charge in [0.25, 0.3) is 0 Å². The molecule has 5 nitrogen and oxygen atoms in total. The Kier molecular flexibility index (Phi) is 5.05. The van der Waals surface area contributed by atoms with E-state index in [1.807, 2.05) is 25.4 Å². The van der Waals surface area contributed by atoms with Crippen molar-refractivity contribution in [1.29, 1.82) is 0 Å². The van der Waals surface area contributed by atoms with Gasteiger partial charge in [0.2, 0.25) is 0 Å². The molecule has 4 aromatic rings. The molecule has 0 spiro atoms. The van der Waals surface area contributed by atoms with Gasteiger partial charge in [0, 0.05) is 42.7 Å². The van der Waals surface area contributed by atoms with E-state index in [1.165, 1.54) is 24.1 Å². The number of aryl methyl sites for hydroxylation is 2. The summed E-state index contributed by atoms with van der Waals surface area (Å²) in [6.07, 6.45) is 6.20. The highest BCUT2D eigenvalue weighted by atomic mass is 15.3. The quantitative estimate of drug-likeness (QED) is 0.497. The molecule has 1 aliphatic rings. The highest BCUT2D eigenvalue weighted by Crippen LogP contribution is 2.32. The van der Waals surface area contributed by atoms with E-state index >= 15 is 0 Å². The molecule has 1 unspecified atom stereocenters. The Labute approximate surface area is 177 Å². The van der Waals surface area contributed by atoms with Gasteiger partial charge < -0.3 is 0 Å². The van der Waals surface area contributed by atoms with Gasteiger partial charge in [0.15, 0.2) is 5.65 Å². The molecule has 0 amide bonds. The van der Waals surface area contributed by atoms with Crippen LogP contribution >= 0.6 is 0 Å². The van der Waals surface area contributed by atoms with Crippen molar-refractivity contribution >= 4 is 5.65 Å². The Balaban J connectivity index is 1.48. The van der Waals surface area contributed by atoms with Crippen molar-refractivity contribution in [2.24, 2.45) is 0 Å². The molecule has 5 heteroatoms. The molecule has 1 saturated heterocycles. The van der Waals surface area contributed by atoms with Crippen LogP contribution in [0, 0.1) is 13.8 Å². The van der Waals surface area contributed by atoms with Crippen LogP contribution in [0.4, 0.5) is 0 Å². The summed E-state index contributed by atoms with van der Waals surface area (Å²) in [5.74, 6) is 0.458. The van der Waals surface area contributed by atoms with E-state index in [0.717, 1.165) is 47.8 Å². The van der Waals surface area contributed by atoms with Crippen molar-refractivity contribution in [2.45, 2.75) is 39.2 Å². The third-order valence-electron chi connectivity index (χ3n) is 6.08. The van der Waals surface area contributed by atoms with Gasteiger partial charge in [-0.25, -0.2) is 9.50 Å². The molecule has 1 fully saturated rings. The first kappa shape index (κ1) is 18.9. The summed E-state index contributed by atoms with van der Waals surface area (Å²) in [6, 6.07) is 17.1. The van der Waals surface area contributed by atoms with E-state index in [2.05, 4.69) is 63.8 Å². The molecule has 5 rings (SSSR count). The average molecular weight is 398 g/mol. The molecular weight excluding hydrogens is 370 g/mol. The number of benzene rings is 1. The zero-order chi connectivity index (χ0) is 20.5. The second-order valence-electron chi connectivity index (χ2n) is 8.31. The zero-order valence-corrected chi connectivity index (χ0v) is 17.6. The van der Waals surface area contributed by atoms with Crippen molar-refractivity contribution in [1.82, 2.24) is 24.5 Å². The summed E-state index contributed by atoms with van der Waals surface area (Å²) in [6.45, 7) is 7.31. The topological polar surface area (TPSA) is 46.3 Å². The van der Waals surface area contributed by atoms with Gasteiger partial charge in [0.05, 0.1) is 11.4 Å². The molecule has 0 N–H and O–H groups in total. The van der Waals surface area contributed by atoms with E-state index in [9.17, 15) is 0 Å². The van der Waals surface area contributed by atoms with Gasteiger partial charge in [0.1, 0.15) is 0 Å². The normalized spacial score (nSPS) is 17.5. The molecule has 0 bridgehead atoms. The van der Waals surface area contributed by atoms with Gasteiger partial charge in [-0.1, -0.05) is 30.3 Å². The summed E-state index contributed by atoms with van der Waals surface area (Å²) in [7, 11) is 0. The number of nitrogens with zero attached hydrogens (tertiary/aromatic N) is 5. The first-order valence-corrected chi connectivity index (χ1v) is 10.7. The Bertz CT molecular complexity index is 1160. The average Bonchev–Trinajstić information content (AvgIpc) is 3.10. The fourth-order valence-electron chi connectivity index (χ4n) is 4.70. The van der Waals surface area contributed by atoms with E-state index in [4.69, 9.17) is 10.1 Å². The monoisotopic (exact) mass is 397 g/mol. The SMILES string of the molecule is Cc1cc(-c2c(C)nn3c(C4CCCN(Cc5ccccc5)C4)ccnc23)ccn1. The van der Waals surface area contributed by atoms with Crippen molar-refractivity contribution in [3.63, 3.8) is 0 Å². The highest BCUT2D eigenvalue weighted by molar-refractivity contribution is 5.79. The molecule has 3 aromatic heterocycles. The van der Waals surface area contributed by atoms with Crippen LogP contribution in [0.25, 0.3) is 16.8 Å². The number of hydrogen-bond donors (Lipinski definition) is 0. The molecule has 152 valence electrons. The predicted octanol–water partition coefficient (Wildman–Crippen LogP) is 4.79. The Morgan fingerprint density at radius 1 is 1.00 bits per heavy atom. The third-order valence-corrected chi connectivity index (χ3v) is 6.08. The van der Waals surface area contributed by atoms with Crippen LogP contribution in [0.1, 0.15) is 41.4 Å². The van der Waals surface area contributed by atoms with Crippen LogP contribution in [-0.4, -0.2) is 37.6 Å². The number of pyridine rings is 1. The second kappa shape index (κ2) is 8.00. The van der Waals surface area contributed by atoms with Crippen LogP contribution < -0.4 is 0 Å². The molecular formula is C25H27N5. The minimum Gasteiger partial charge on any atom is -0.298 e. The highest BCUT2D eigenvalue weighted by Gasteiger charge is 2.25. The van der Waals surface area contributed by atoms with E-state index < -0.39 is 0 Å². The molecule has 30 heavy (non-hydrogen) atoms. The molecule has 0 saturated carbocycles. The van der Waals surface area contributed by atoms with Crippen LogP contribution in [0.15, 0.2) is 60.9 Å². The maximum absolute atomic E-state index is 4.92. The number of likely N-dealkylation sites (tertiary alicyclic amines) is 1. The molecule has 1 aromatic carbocycles. The summed E-state index contributed by atoms with van der Waals surface area (Å²) in [5.41, 5.74) is 7.84. The number of piperidine rings is 1. The molecule has 4 heterocycles. The minimum absolute atomic E-state index is 0.458. The summed E-state index contributed by atoms with van der Waals surface area (Å²) in [4.78, 5) is 11.6. The summed E-state index contributed by atoms with van der Waals surface area (Å²) in [5, 5.41) is 4.92. The lowest BCUT2D eigenvalue weighted by atomic mass is 9.94. The molecule has 1 atom stereocenters. The number of fused-ring (bicyclic) bond motifs is 1. The standard InChI is InChI=1S/C25H27N5/c1-18-15-21(10-12-26-18)24-19(2)28-30-23(11-13-27-25(24)30)22-9-6-14-29(17-22)16-20-7-4-3-5-8-20/h3-5,7-8,10-13,15,22H,6,9,14,16-17H2,1-2H3. The van der Waals surface area contributed by atoms with Crippen molar-refractivity contribution in [3.05, 3.63) is 83.6 Å². The van der Waals surface area contributed by atoms with Crippen molar-refractivity contribution < 1.29 is 0 Å². The van der Waals surface area contributed by atoms with Crippen LogP contribution in [0.5, 0.6) is 0 Å². The van der Waals surface area contributed by atoms with Crippen molar-refractivity contribution in [3.8, 4) is 11.1 Å². The van der Waals surface area contributed by atoms with Gasteiger partial charge in [-0.2, -0.15) is 5.10 Å². The molecule has 0 aliphatic carbocycles. The first-order valence-electron chi connectivity index (χ1n) is 10.7. The Hall–Kier alpha value is -3.05. The lowest BCUT2D eigenvalue weighted by molar-refractivity contribution is 0.197.